The van der Waals surface area contributed by atoms with Crippen molar-refractivity contribution in [3.05, 3.63) is 65.5 Å². The van der Waals surface area contributed by atoms with Gasteiger partial charge in [0.05, 0.1) is 11.3 Å². The van der Waals surface area contributed by atoms with Crippen LogP contribution in [0.15, 0.2) is 48.7 Å². The Labute approximate surface area is 96.9 Å². The second-order valence-corrected chi connectivity index (χ2v) is 3.66. The first-order valence-corrected chi connectivity index (χ1v) is 5.12. The van der Waals surface area contributed by atoms with Gasteiger partial charge in [0.1, 0.15) is 0 Å². The van der Waals surface area contributed by atoms with E-state index < -0.39 is 11.7 Å². The smallest absolute Gasteiger partial charge is 0.260 e. The molecule has 88 valence electrons. The van der Waals surface area contributed by atoms with E-state index in [0.29, 0.717) is 0 Å². The summed E-state index contributed by atoms with van der Waals surface area (Å²) < 4.78 is 38.1. The van der Waals surface area contributed by atoms with Crippen molar-refractivity contribution in [2.24, 2.45) is 0 Å². The van der Waals surface area contributed by atoms with Crippen LogP contribution in [0.5, 0.6) is 0 Å². The second-order valence-electron chi connectivity index (χ2n) is 3.66. The van der Waals surface area contributed by atoms with Crippen LogP contribution in [0.25, 0.3) is 0 Å². The Bertz CT molecular complexity index is 492. The number of rotatable bonds is 2. The molecule has 2 aromatic rings. The lowest BCUT2D eigenvalue weighted by atomic mass is 10.1. The summed E-state index contributed by atoms with van der Waals surface area (Å²) in [6.07, 6.45) is -2.78. The van der Waals surface area contributed by atoms with Gasteiger partial charge in [-0.05, 0) is 17.7 Å². The fraction of sp³-hybridized carbons (Fsp3) is 0.154. The minimum absolute atomic E-state index is 0.0613. The maximum absolute atomic E-state index is 12.7. The molecule has 1 nitrogen and oxygen atoms in total. The molecule has 0 spiro atoms. The van der Waals surface area contributed by atoms with Crippen LogP contribution in [-0.4, -0.2) is 4.98 Å². The highest BCUT2D eigenvalue weighted by atomic mass is 19.4. The summed E-state index contributed by atoms with van der Waals surface area (Å²) in [5.41, 5.74) is 0.215. The molecule has 0 saturated carbocycles. The Morgan fingerprint density at radius 1 is 0.941 bits per heavy atom. The molecule has 17 heavy (non-hydrogen) atoms. The van der Waals surface area contributed by atoms with Crippen LogP contribution >= 0.6 is 0 Å². The monoisotopic (exact) mass is 237 g/mol. The lowest BCUT2D eigenvalue weighted by Crippen LogP contribution is -2.10. The molecule has 0 amide bonds. The summed E-state index contributed by atoms with van der Waals surface area (Å²) in [5.74, 6) is 0. The third-order valence-electron chi connectivity index (χ3n) is 2.41. The lowest BCUT2D eigenvalue weighted by molar-refractivity contribution is -0.138. The van der Waals surface area contributed by atoms with Crippen molar-refractivity contribution in [3.8, 4) is 0 Å². The first-order chi connectivity index (χ1) is 8.07. The van der Waals surface area contributed by atoms with Gasteiger partial charge in [0.2, 0.25) is 0 Å². The third kappa shape index (κ3) is 2.84. The van der Waals surface area contributed by atoms with Gasteiger partial charge >= 0.3 is 6.18 Å². The largest absolute Gasteiger partial charge is 0.418 e. The SMILES string of the molecule is FC(F)(F)c1cccnc1Cc1ccccc1. The van der Waals surface area contributed by atoms with Gasteiger partial charge in [-0.1, -0.05) is 30.3 Å². The highest BCUT2D eigenvalue weighted by Gasteiger charge is 2.33. The van der Waals surface area contributed by atoms with Gasteiger partial charge in [0.15, 0.2) is 0 Å². The van der Waals surface area contributed by atoms with Gasteiger partial charge in [0.25, 0.3) is 0 Å². The minimum atomic E-state index is -4.35. The zero-order valence-electron chi connectivity index (χ0n) is 8.91. The molecule has 0 saturated heterocycles. The van der Waals surface area contributed by atoms with Crippen molar-refractivity contribution >= 4 is 0 Å². The standard InChI is InChI=1S/C13H10F3N/c14-13(15,16)11-7-4-8-17-12(11)9-10-5-2-1-3-6-10/h1-8H,9H2. The van der Waals surface area contributed by atoms with Crippen LogP contribution in [0.2, 0.25) is 0 Å². The van der Waals surface area contributed by atoms with E-state index >= 15 is 0 Å². The molecule has 0 aliphatic carbocycles. The molecule has 0 unspecified atom stereocenters. The fourth-order valence-corrected chi connectivity index (χ4v) is 1.63. The molecule has 0 atom stereocenters. The summed E-state index contributed by atoms with van der Waals surface area (Å²) in [6.45, 7) is 0. The van der Waals surface area contributed by atoms with Crippen LogP contribution in [0.3, 0.4) is 0 Å². The quantitative estimate of drug-likeness (QED) is 0.776. The van der Waals surface area contributed by atoms with E-state index in [4.69, 9.17) is 0 Å². The maximum Gasteiger partial charge on any atom is 0.418 e. The van der Waals surface area contributed by atoms with E-state index in [-0.39, 0.29) is 12.1 Å². The Morgan fingerprint density at radius 3 is 2.29 bits per heavy atom. The molecule has 0 fully saturated rings. The van der Waals surface area contributed by atoms with E-state index in [0.717, 1.165) is 11.6 Å². The van der Waals surface area contributed by atoms with Gasteiger partial charge in [-0.25, -0.2) is 0 Å². The zero-order chi connectivity index (χ0) is 12.3. The number of pyridine rings is 1. The molecule has 0 bridgehead atoms. The van der Waals surface area contributed by atoms with Crippen molar-refractivity contribution < 1.29 is 13.2 Å². The van der Waals surface area contributed by atoms with Crippen LogP contribution in [0.4, 0.5) is 13.2 Å². The molecule has 1 aromatic carbocycles. The lowest BCUT2D eigenvalue weighted by Gasteiger charge is -2.11. The predicted molar refractivity (Wildman–Crippen MR) is 58.5 cm³/mol. The zero-order valence-corrected chi connectivity index (χ0v) is 8.91. The summed E-state index contributed by atoms with van der Waals surface area (Å²) in [6, 6.07) is 11.4. The Kier molecular flexibility index (Phi) is 3.13. The molecule has 0 aliphatic rings. The topological polar surface area (TPSA) is 12.9 Å². The van der Waals surface area contributed by atoms with Crippen molar-refractivity contribution in [1.29, 1.82) is 0 Å². The first-order valence-electron chi connectivity index (χ1n) is 5.12. The Balaban J connectivity index is 2.34. The van der Waals surface area contributed by atoms with E-state index in [9.17, 15) is 13.2 Å². The molecule has 0 aliphatic heterocycles. The van der Waals surface area contributed by atoms with Gasteiger partial charge in [-0.3, -0.25) is 4.98 Å². The Hall–Kier alpha value is -1.84. The number of aromatic nitrogens is 1. The summed E-state index contributed by atoms with van der Waals surface area (Å²) >= 11 is 0. The number of hydrogen-bond donors (Lipinski definition) is 0. The number of nitrogens with zero attached hydrogens (tertiary/aromatic N) is 1. The van der Waals surface area contributed by atoms with Gasteiger partial charge in [-0.15, -0.1) is 0 Å². The van der Waals surface area contributed by atoms with Crippen LogP contribution < -0.4 is 0 Å². The van der Waals surface area contributed by atoms with Crippen molar-refractivity contribution in [2.75, 3.05) is 0 Å². The van der Waals surface area contributed by atoms with Crippen LogP contribution in [-0.2, 0) is 12.6 Å². The maximum atomic E-state index is 12.7. The number of benzene rings is 1. The van der Waals surface area contributed by atoms with E-state index in [2.05, 4.69) is 4.98 Å². The molecule has 4 heteroatoms. The highest BCUT2D eigenvalue weighted by Crippen LogP contribution is 2.31. The minimum Gasteiger partial charge on any atom is -0.260 e. The number of halogens is 3. The molecule has 0 radical (unpaired) electrons. The van der Waals surface area contributed by atoms with Crippen molar-refractivity contribution in [1.82, 2.24) is 4.98 Å². The number of hydrogen-bond acceptors (Lipinski definition) is 1. The first kappa shape index (κ1) is 11.6. The Morgan fingerprint density at radius 2 is 1.65 bits per heavy atom. The van der Waals surface area contributed by atoms with Crippen LogP contribution in [0.1, 0.15) is 16.8 Å². The fourth-order valence-electron chi connectivity index (χ4n) is 1.63. The highest BCUT2D eigenvalue weighted by molar-refractivity contribution is 5.29. The van der Waals surface area contributed by atoms with E-state index in [1.54, 1.807) is 24.3 Å². The number of alkyl halides is 3. The average molecular weight is 237 g/mol. The second kappa shape index (κ2) is 4.57. The molecular formula is C13H10F3N. The molecule has 0 N–H and O–H groups in total. The predicted octanol–water partition coefficient (Wildman–Crippen LogP) is 3.69. The molecular weight excluding hydrogens is 227 g/mol. The molecule has 2 rings (SSSR count). The molecule has 1 aromatic heterocycles. The van der Waals surface area contributed by atoms with Crippen molar-refractivity contribution in [2.45, 2.75) is 12.6 Å². The summed E-state index contributed by atoms with van der Waals surface area (Å²) in [5, 5.41) is 0. The molecule has 1 heterocycles. The average Bonchev–Trinajstić information content (AvgIpc) is 2.30. The third-order valence-corrected chi connectivity index (χ3v) is 2.41. The summed E-state index contributed by atoms with van der Waals surface area (Å²) in [7, 11) is 0. The normalized spacial score (nSPS) is 11.5. The van der Waals surface area contributed by atoms with E-state index in [1.807, 2.05) is 6.07 Å². The van der Waals surface area contributed by atoms with Gasteiger partial charge in [-0.2, -0.15) is 13.2 Å². The van der Waals surface area contributed by atoms with E-state index in [1.165, 1.54) is 12.3 Å². The van der Waals surface area contributed by atoms with Crippen molar-refractivity contribution in [3.63, 3.8) is 0 Å². The van der Waals surface area contributed by atoms with Gasteiger partial charge in [0, 0.05) is 12.6 Å². The van der Waals surface area contributed by atoms with Gasteiger partial charge < -0.3 is 0 Å². The van der Waals surface area contributed by atoms with Crippen LogP contribution in [0, 0.1) is 0 Å². The summed E-state index contributed by atoms with van der Waals surface area (Å²) in [4.78, 5) is 3.82.